The Labute approximate surface area is 202 Å². The van der Waals surface area contributed by atoms with E-state index in [1.165, 1.54) is 0 Å². The van der Waals surface area contributed by atoms with Crippen molar-refractivity contribution < 1.29 is 9.90 Å². The van der Waals surface area contributed by atoms with Crippen LogP contribution in [0.25, 0.3) is 0 Å². The fourth-order valence-electron chi connectivity index (χ4n) is 3.93. The molecule has 0 unspecified atom stereocenters. The summed E-state index contributed by atoms with van der Waals surface area (Å²) in [4.78, 5) is 19.7. The monoisotopic (exact) mass is 501 g/mol. The van der Waals surface area contributed by atoms with E-state index in [4.69, 9.17) is 5.41 Å². The average molecular weight is 502 g/mol. The number of hydrogen-bond acceptors (Lipinski definition) is 4. The molecular formula is C26H36BrN3O2. The van der Waals surface area contributed by atoms with Crippen LogP contribution in [0.2, 0.25) is 0 Å². The van der Waals surface area contributed by atoms with Gasteiger partial charge < -0.3 is 10.0 Å². The zero-order valence-electron chi connectivity index (χ0n) is 20.5. The number of aromatic hydroxyl groups is 1. The molecule has 0 radical (unpaired) electrons. The summed E-state index contributed by atoms with van der Waals surface area (Å²) in [5, 5.41) is 19.5. The van der Waals surface area contributed by atoms with Crippen molar-refractivity contribution in [2.75, 3.05) is 6.54 Å². The van der Waals surface area contributed by atoms with Gasteiger partial charge in [0.15, 0.2) is 5.78 Å². The molecule has 5 nitrogen and oxygen atoms in total. The first-order valence-corrected chi connectivity index (χ1v) is 10.9. The number of amidine groups is 1. The number of halogens is 1. The Morgan fingerprint density at radius 1 is 1.09 bits per heavy atom. The highest BCUT2D eigenvalue weighted by atomic mass is 79.9. The van der Waals surface area contributed by atoms with E-state index in [1.807, 2.05) is 65.8 Å². The van der Waals surface area contributed by atoms with Gasteiger partial charge in [-0.1, -0.05) is 61.5 Å². The largest absolute Gasteiger partial charge is 0.507 e. The first-order valence-electron chi connectivity index (χ1n) is 10.9. The Morgan fingerprint density at radius 3 is 2.09 bits per heavy atom. The summed E-state index contributed by atoms with van der Waals surface area (Å²) < 4.78 is 0. The molecule has 0 spiro atoms. The lowest BCUT2D eigenvalue weighted by Gasteiger charge is -2.28. The van der Waals surface area contributed by atoms with Crippen LogP contribution in [0.4, 0.5) is 0 Å². The number of carbonyl (C=O) groups is 1. The molecule has 0 saturated heterocycles. The van der Waals surface area contributed by atoms with Crippen LogP contribution in [0.15, 0.2) is 24.3 Å². The van der Waals surface area contributed by atoms with Crippen molar-refractivity contribution in [2.24, 2.45) is 0 Å². The molecule has 6 heteroatoms. The number of Topliss-reactive ketones (excluding diaryl/α,β-unsaturated/α-hetero) is 1. The SMILES string of the molecule is Br.CC(C)c1ccc2c(n1)C(=N)N(CC(=O)c1cc(C(C)(C)C)c(O)c(C(C)(C)C)c1)C2. The van der Waals surface area contributed by atoms with E-state index in [2.05, 4.69) is 18.8 Å². The van der Waals surface area contributed by atoms with Crippen molar-refractivity contribution in [3.63, 3.8) is 0 Å². The number of rotatable bonds is 4. The summed E-state index contributed by atoms with van der Waals surface area (Å²) in [6.45, 7) is 17.0. The van der Waals surface area contributed by atoms with Gasteiger partial charge in [0, 0.05) is 34.5 Å². The Hall–Kier alpha value is -2.21. The standard InChI is InChI=1S/C26H35N3O2.BrH/c1-15(2)20-10-9-16-13-29(24(27)22(16)28-20)14-21(30)17-11-18(25(3,4)5)23(31)19(12-17)26(6,7)8;/h9-12,15,27,31H,13-14H2,1-8H3;1H. The van der Waals surface area contributed by atoms with Gasteiger partial charge in [0.05, 0.1) is 6.54 Å². The second kappa shape index (κ2) is 8.97. The van der Waals surface area contributed by atoms with Gasteiger partial charge in [-0.05, 0) is 34.9 Å². The van der Waals surface area contributed by atoms with Crippen molar-refractivity contribution >= 4 is 28.6 Å². The number of carbonyl (C=O) groups excluding carboxylic acids is 1. The Bertz CT molecular complexity index is 1010. The highest BCUT2D eigenvalue weighted by Gasteiger charge is 2.31. The number of phenols is 1. The van der Waals surface area contributed by atoms with Crippen LogP contribution in [0.5, 0.6) is 5.75 Å². The number of nitrogens with zero attached hydrogens (tertiary/aromatic N) is 2. The first-order chi connectivity index (χ1) is 14.2. The Balaban J connectivity index is 0.00000363. The van der Waals surface area contributed by atoms with Crippen LogP contribution in [-0.2, 0) is 17.4 Å². The third-order valence-electron chi connectivity index (χ3n) is 5.88. The van der Waals surface area contributed by atoms with Gasteiger partial charge in [0.2, 0.25) is 0 Å². The summed E-state index contributed by atoms with van der Waals surface area (Å²) in [6.07, 6.45) is 0. The lowest BCUT2D eigenvalue weighted by molar-refractivity contribution is 0.0962. The maximum atomic E-state index is 13.3. The number of ketones is 1. The molecule has 2 aromatic rings. The van der Waals surface area contributed by atoms with Gasteiger partial charge in [0.1, 0.15) is 17.3 Å². The molecule has 0 bridgehead atoms. The number of fused-ring (bicyclic) bond motifs is 1. The molecule has 0 atom stereocenters. The van der Waals surface area contributed by atoms with Crippen LogP contribution >= 0.6 is 17.0 Å². The summed E-state index contributed by atoms with van der Waals surface area (Å²) in [6, 6.07) is 7.66. The number of benzene rings is 1. The molecule has 2 N–H and O–H groups in total. The average Bonchev–Trinajstić information content (AvgIpc) is 2.95. The quantitative estimate of drug-likeness (QED) is 0.495. The highest BCUT2D eigenvalue weighted by Crippen LogP contribution is 2.40. The van der Waals surface area contributed by atoms with E-state index in [0.29, 0.717) is 23.6 Å². The van der Waals surface area contributed by atoms with Crippen molar-refractivity contribution in [3.8, 4) is 5.75 Å². The van der Waals surface area contributed by atoms with Gasteiger partial charge in [-0.3, -0.25) is 10.2 Å². The van der Waals surface area contributed by atoms with Crippen LogP contribution in [0, 0.1) is 5.41 Å². The van der Waals surface area contributed by atoms with Gasteiger partial charge >= 0.3 is 0 Å². The summed E-state index contributed by atoms with van der Waals surface area (Å²) in [7, 11) is 0. The number of phenolic OH excluding ortho intramolecular Hbond substituents is 1. The normalized spacial score (nSPS) is 13.9. The molecule has 1 aliphatic heterocycles. The second-order valence-electron chi connectivity index (χ2n) is 10.9. The number of aromatic nitrogens is 1. The molecule has 2 heterocycles. The van der Waals surface area contributed by atoms with Gasteiger partial charge in [-0.25, -0.2) is 4.98 Å². The van der Waals surface area contributed by atoms with Crippen LogP contribution < -0.4 is 0 Å². The fraction of sp³-hybridized carbons (Fsp3) is 0.500. The van der Waals surface area contributed by atoms with E-state index in [0.717, 1.165) is 22.4 Å². The second-order valence-corrected chi connectivity index (χ2v) is 10.9. The third kappa shape index (κ3) is 5.06. The highest BCUT2D eigenvalue weighted by molar-refractivity contribution is 8.93. The first kappa shape index (κ1) is 26.0. The van der Waals surface area contributed by atoms with Gasteiger partial charge in [-0.15, -0.1) is 17.0 Å². The Kier molecular flexibility index (Phi) is 7.30. The van der Waals surface area contributed by atoms with Crippen molar-refractivity contribution in [3.05, 3.63) is 57.9 Å². The van der Waals surface area contributed by atoms with Gasteiger partial charge in [0.25, 0.3) is 0 Å². The van der Waals surface area contributed by atoms with Crippen molar-refractivity contribution in [1.29, 1.82) is 5.41 Å². The van der Waals surface area contributed by atoms with Crippen LogP contribution in [-0.4, -0.2) is 33.2 Å². The molecule has 1 aromatic heterocycles. The number of hydrogen-bond donors (Lipinski definition) is 2. The van der Waals surface area contributed by atoms with Gasteiger partial charge in [-0.2, -0.15) is 0 Å². The number of pyridine rings is 1. The third-order valence-corrected chi connectivity index (χ3v) is 5.88. The van der Waals surface area contributed by atoms with Crippen LogP contribution in [0.3, 0.4) is 0 Å². The minimum absolute atomic E-state index is 0. The fourth-order valence-corrected chi connectivity index (χ4v) is 3.93. The molecule has 3 rings (SSSR count). The summed E-state index contributed by atoms with van der Waals surface area (Å²) in [5.74, 6) is 0.801. The predicted octanol–water partition coefficient (Wildman–Crippen LogP) is 6.11. The lowest BCUT2D eigenvalue weighted by atomic mass is 9.78. The minimum atomic E-state index is -0.297. The molecular weight excluding hydrogens is 466 g/mol. The van der Waals surface area contributed by atoms with E-state index in [-0.39, 0.29) is 51.8 Å². The summed E-state index contributed by atoms with van der Waals surface area (Å²) in [5.41, 5.74) is 4.14. The molecule has 0 amide bonds. The summed E-state index contributed by atoms with van der Waals surface area (Å²) >= 11 is 0. The minimum Gasteiger partial charge on any atom is -0.507 e. The zero-order chi connectivity index (χ0) is 23.3. The van der Waals surface area contributed by atoms with Crippen molar-refractivity contribution in [1.82, 2.24) is 9.88 Å². The molecule has 1 aliphatic rings. The molecule has 1 aromatic carbocycles. The number of nitrogens with one attached hydrogen (secondary N) is 1. The van der Waals surface area contributed by atoms with E-state index >= 15 is 0 Å². The van der Waals surface area contributed by atoms with E-state index in [1.54, 1.807) is 4.90 Å². The van der Waals surface area contributed by atoms with E-state index < -0.39 is 0 Å². The molecule has 0 aliphatic carbocycles. The molecule has 0 fully saturated rings. The molecule has 174 valence electrons. The zero-order valence-corrected chi connectivity index (χ0v) is 22.2. The topological polar surface area (TPSA) is 77.3 Å². The van der Waals surface area contributed by atoms with Crippen molar-refractivity contribution in [2.45, 2.75) is 78.7 Å². The Morgan fingerprint density at radius 2 is 1.62 bits per heavy atom. The van der Waals surface area contributed by atoms with Crippen LogP contribution in [0.1, 0.15) is 99.7 Å². The maximum absolute atomic E-state index is 13.3. The molecule has 32 heavy (non-hydrogen) atoms. The predicted molar refractivity (Wildman–Crippen MR) is 136 cm³/mol. The maximum Gasteiger partial charge on any atom is 0.182 e. The van der Waals surface area contributed by atoms with E-state index in [9.17, 15) is 9.90 Å². The molecule has 0 saturated carbocycles. The lowest BCUT2D eigenvalue weighted by Crippen LogP contribution is -2.31. The smallest absolute Gasteiger partial charge is 0.182 e.